The van der Waals surface area contributed by atoms with Gasteiger partial charge in [0.25, 0.3) is 10.9 Å². The SMILES string of the molecule is COc1nc2cc([N+](=O)[O-])ccc2s1. The number of ether oxygens (including phenoxy) is 1. The van der Waals surface area contributed by atoms with Crippen LogP contribution in [0.4, 0.5) is 5.69 Å². The number of non-ortho nitro benzene ring substituents is 1. The number of rotatable bonds is 2. The van der Waals surface area contributed by atoms with Crippen molar-refractivity contribution in [1.29, 1.82) is 0 Å². The Bertz CT molecular complexity index is 494. The highest BCUT2D eigenvalue weighted by Crippen LogP contribution is 2.29. The Morgan fingerprint density at radius 3 is 3.00 bits per heavy atom. The van der Waals surface area contributed by atoms with Crippen molar-refractivity contribution >= 4 is 27.2 Å². The van der Waals surface area contributed by atoms with Crippen LogP contribution < -0.4 is 4.74 Å². The van der Waals surface area contributed by atoms with Gasteiger partial charge in [0.05, 0.1) is 22.2 Å². The molecule has 1 heterocycles. The average Bonchev–Trinajstić information content (AvgIpc) is 2.58. The summed E-state index contributed by atoms with van der Waals surface area (Å²) in [6.45, 7) is 0. The largest absolute Gasteiger partial charge is 0.473 e. The first-order valence-electron chi connectivity index (χ1n) is 3.79. The average molecular weight is 210 g/mol. The lowest BCUT2D eigenvalue weighted by Crippen LogP contribution is -1.86. The zero-order valence-corrected chi connectivity index (χ0v) is 8.08. The molecule has 0 saturated carbocycles. The number of nitro groups is 1. The van der Waals surface area contributed by atoms with Crippen LogP contribution in [0.2, 0.25) is 0 Å². The quantitative estimate of drug-likeness (QED) is 0.563. The van der Waals surface area contributed by atoms with Gasteiger partial charge in [-0.05, 0) is 6.07 Å². The van der Waals surface area contributed by atoms with Gasteiger partial charge < -0.3 is 4.74 Å². The van der Waals surface area contributed by atoms with Crippen molar-refractivity contribution in [2.24, 2.45) is 0 Å². The molecule has 0 aliphatic heterocycles. The Balaban J connectivity index is 2.59. The molecule has 2 aromatic rings. The number of nitrogens with zero attached hydrogens (tertiary/aromatic N) is 2. The molecule has 14 heavy (non-hydrogen) atoms. The van der Waals surface area contributed by atoms with Crippen LogP contribution in [-0.2, 0) is 0 Å². The Morgan fingerprint density at radius 1 is 1.57 bits per heavy atom. The number of methoxy groups -OCH3 is 1. The van der Waals surface area contributed by atoms with Crippen LogP contribution >= 0.6 is 11.3 Å². The summed E-state index contributed by atoms with van der Waals surface area (Å²) in [5.41, 5.74) is 0.645. The molecule has 0 unspecified atom stereocenters. The lowest BCUT2D eigenvalue weighted by Gasteiger charge is -1.88. The van der Waals surface area contributed by atoms with Gasteiger partial charge in [0.15, 0.2) is 0 Å². The lowest BCUT2D eigenvalue weighted by atomic mass is 10.3. The van der Waals surface area contributed by atoms with Crippen molar-refractivity contribution in [3.8, 4) is 5.19 Å². The highest BCUT2D eigenvalue weighted by Gasteiger charge is 2.09. The van der Waals surface area contributed by atoms with Crippen LogP contribution in [0.3, 0.4) is 0 Å². The predicted octanol–water partition coefficient (Wildman–Crippen LogP) is 2.21. The van der Waals surface area contributed by atoms with E-state index in [1.165, 1.54) is 30.6 Å². The van der Waals surface area contributed by atoms with Crippen molar-refractivity contribution in [3.05, 3.63) is 28.3 Å². The topological polar surface area (TPSA) is 65.3 Å². The summed E-state index contributed by atoms with van der Waals surface area (Å²) in [5, 5.41) is 11.0. The molecule has 6 heteroatoms. The lowest BCUT2D eigenvalue weighted by molar-refractivity contribution is -0.384. The number of thiazole rings is 1. The van der Waals surface area contributed by atoms with Gasteiger partial charge in [-0.15, -0.1) is 0 Å². The normalized spacial score (nSPS) is 10.4. The Labute approximate surface area is 83.1 Å². The molecule has 2 rings (SSSR count). The van der Waals surface area contributed by atoms with Crippen molar-refractivity contribution < 1.29 is 9.66 Å². The highest BCUT2D eigenvalue weighted by molar-refractivity contribution is 7.20. The maximum absolute atomic E-state index is 10.5. The molecule has 1 aromatic carbocycles. The molecule has 0 amide bonds. The van der Waals surface area contributed by atoms with Crippen LogP contribution in [0.1, 0.15) is 0 Å². The van der Waals surface area contributed by atoms with Crippen LogP contribution in [0.15, 0.2) is 18.2 Å². The first-order valence-corrected chi connectivity index (χ1v) is 4.61. The number of benzene rings is 1. The van der Waals surface area contributed by atoms with E-state index < -0.39 is 4.92 Å². The van der Waals surface area contributed by atoms with E-state index in [0.29, 0.717) is 10.7 Å². The third kappa shape index (κ3) is 1.39. The van der Waals surface area contributed by atoms with Crippen LogP contribution in [0.25, 0.3) is 10.2 Å². The van der Waals surface area contributed by atoms with Crippen molar-refractivity contribution in [2.45, 2.75) is 0 Å². The van der Waals surface area contributed by atoms with Gasteiger partial charge >= 0.3 is 0 Å². The molecule has 0 atom stereocenters. The number of aromatic nitrogens is 1. The van der Waals surface area contributed by atoms with Gasteiger partial charge in [0.1, 0.15) is 0 Å². The second-order valence-electron chi connectivity index (χ2n) is 2.59. The monoisotopic (exact) mass is 210 g/mol. The second kappa shape index (κ2) is 3.22. The van der Waals surface area contributed by atoms with Gasteiger partial charge in [0.2, 0.25) is 0 Å². The van der Waals surface area contributed by atoms with Crippen LogP contribution in [-0.4, -0.2) is 17.0 Å². The summed E-state index contributed by atoms with van der Waals surface area (Å²) in [6.07, 6.45) is 0. The molecule has 0 radical (unpaired) electrons. The Morgan fingerprint density at radius 2 is 2.36 bits per heavy atom. The number of hydrogen-bond donors (Lipinski definition) is 0. The molecule has 0 N–H and O–H groups in total. The van der Waals surface area contributed by atoms with E-state index in [-0.39, 0.29) is 5.69 Å². The molecule has 0 fully saturated rings. The van der Waals surface area contributed by atoms with E-state index >= 15 is 0 Å². The second-order valence-corrected chi connectivity index (χ2v) is 3.59. The number of hydrogen-bond acceptors (Lipinski definition) is 5. The third-order valence-corrected chi connectivity index (χ3v) is 2.73. The molecule has 0 saturated heterocycles. The summed E-state index contributed by atoms with van der Waals surface area (Å²) >= 11 is 1.36. The van der Waals surface area contributed by atoms with E-state index in [9.17, 15) is 10.1 Å². The summed E-state index contributed by atoms with van der Waals surface area (Å²) in [7, 11) is 1.52. The molecule has 0 spiro atoms. The van der Waals surface area contributed by atoms with E-state index in [1.54, 1.807) is 6.07 Å². The highest BCUT2D eigenvalue weighted by atomic mass is 32.1. The minimum atomic E-state index is -0.439. The predicted molar refractivity (Wildman–Crippen MR) is 52.8 cm³/mol. The van der Waals surface area contributed by atoms with E-state index in [4.69, 9.17) is 4.74 Å². The van der Waals surface area contributed by atoms with Gasteiger partial charge in [-0.25, -0.2) is 4.98 Å². The van der Waals surface area contributed by atoms with Crippen molar-refractivity contribution in [1.82, 2.24) is 4.98 Å². The van der Waals surface area contributed by atoms with Crippen LogP contribution in [0.5, 0.6) is 5.19 Å². The maximum Gasteiger partial charge on any atom is 0.274 e. The zero-order chi connectivity index (χ0) is 10.1. The van der Waals surface area contributed by atoms with E-state index in [0.717, 1.165) is 4.70 Å². The fourth-order valence-corrected chi connectivity index (χ4v) is 1.86. The van der Waals surface area contributed by atoms with E-state index in [2.05, 4.69) is 4.98 Å². The molecule has 5 nitrogen and oxygen atoms in total. The fraction of sp³-hybridized carbons (Fsp3) is 0.125. The van der Waals surface area contributed by atoms with E-state index in [1.807, 2.05) is 0 Å². The smallest absolute Gasteiger partial charge is 0.274 e. The number of nitro benzene ring substituents is 1. The van der Waals surface area contributed by atoms with Crippen LogP contribution in [0, 0.1) is 10.1 Å². The van der Waals surface area contributed by atoms with Gasteiger partial charge in [0, 0.05) is 12.1 Å². The molecule has 0 aliphatic rings. The summed E-state index contributed by atoms with van der Waals surface area (Å²) in [6, 6.07) is 4.57. The third-order valence-electron chi connectivity index (χ3n) is 1.74. The maximum atomic E-state index is 10.5. The molecule has 1 aromatic heterocycles. The molecule has 0 bridgehead atoms. The summed E-state index contributed by atoms with van der Waals surface area (Å²) in [5.74, 6) is 0. The first-order chi connectivity index (χ1) is 6.70. The minimum Gasteiger partial charge on any atom is -0.473 e. The summed E-state index contributed by atoms with van der Waals surface area (Å²) in [4.78, 5) is 14.1. The molecular weight excluding hydrogens is 204 g/mol. The van der Waals surface area contributed by atoms with Gasteiger partial charge in [-0.1, -0.05) is 11.3 Å². The Kier molecular flexibility index (Phi) is 2.05. The van der Waals surface area contributed by atoms with Gasteiger partial charge in [-0.2, -0.15) is 0 Å². The standard InChI is InChI=1S/C8H6N2O3S/c1-13-8-9-6-4-5(10(11)12)2-3-7(6)14-8/h2-4H,1H3. The summed E-state index contributed by atoms with van der Waals surface area (Å²) < 4.78 is 5.82. The molecular formula is C8H6N2O3S. The van der Waals surface area contributed by atoms with Crippen molar-refractivity contribution in [2.75, 3.05) is 7.11 Å². The molecule has 72 valence electrons. The van der Waals surface area contributed by atoms with Crippen molar-refractivity contribution in [3.63, 3.8) is 0 Å². The minimum absolute atomic E-state index is 0.0467. The Hall–Kier alpha value is -1.69. The fourth-order valence-electron chi connectivity index (χ4n) is 1.10. The molecule has 0 aliphatic carbocycles. The first kappa shape index (κ1) is 8.89. The number of fused-ring (bicyclic) bond motifs is 1. The zero-order valence-electron chi connectivity index (χ0n) is 7.26. The van der Waals surface area contributed by atoms with Gasteiger partial charge in [-0.3, -0.25) is 10.1 Å².